The zero-order valence-electron chi connectivity index (χ0n) is 17.9. The van der Waals surface area contributed by atoms with Gasteiger partial charge in [0, 0.05) is 36.5 Å². The van der Waals surface area contributed by atoms with E-state index in [2.05, 4.69) is 51.4 Å². The number of likely N-dealkylation sites (tertiary alicyclic amines) is 1. The molecule has 0 radical (unpaired) electrons. The first-order chi connectivity index (χ1) is 14.6. The van der Waals surface area contributed by atoms with Crippen molar-refractivity contribution in [2.75, 3.05) is 46.3 Å². The lowest BCUT2D eigenvalue weighted by Gasteiger charge is -2.33. The largest absolute Gasteiger partial charge is 0.341 e. The molecular formula is C24H32N4OS. The molecule has 2 aromatic rings. The second kappa shape index (κ2) is 8.40. The summed E-state index contributed by atoms with van der Waals surface area (Å²) in [4.78, 5) is 25.0. The third-order valence-corrected chi connectivity index (χ3v) is 8.18. The van der Waals surface area contributed by atoms with Gasteiger partial charge in [0.15, 0.2) is 0 Å². The zero-order valence-corrected chi connectivity index (χ0v) is 18.7. The number of rotatable bonds is 4. The van der Waals surface area contributed by atoms with Gasteiger partial charge in [-0.3, -0.25) is 9.69 Å². The van der Waals surface area contributed by atoms with Gasteiger partial charge in [0.1, 0.15) is 5.01 Å². The number of piperidine rings is 1. The van der Waals surface area contributed by atoms with Crippen molar-refractivity contribution in [3.63, 3.8) is 0 Å². The van der Waals surface area contributed by atoms with E-state index in [0.717, 1.165) is 77.2 Å². The molecule has 1 aliphatic carbocycles. The third-order valence-electron chi connectivity index (χ3n) is 7.35. The summed E-state index contributed by atoms with van der Waals surface area (Å²) in [6.45, 7) is 7.08. The predicted molar refractivity (Wildman–Crippen MR) is 121 cm³/mol. The average Bonchev–Trinajstić information content (AvgIpc) is 3.35. The van der Waals surface area contributed by atoms with Gasteiger partial charge in [-0.1, -0.05) is 30.3 Å². The van der Waals surface area contributed by atoms with Gasteiger partial charge in [-0.25, -0.2) is 4.98 Å². The van der Waals surface area contributed by atoms with E-state index in [9.17, 15) is 4.79 Å². The van der Waals surface area contributed by atoms with Crippen molar-refractivity contribution in [3.05, 3.63) is 40.7 Å². The molecule has 3 fully saturated rings. The molecule has 1 atom stereocenters. The van der Waals surface area contributed by atoms with Crippen LogP contribution in [0, 0.1) is 11.3 Å². The molecule has 6 heteroatoms. The molecule has 5 rings (SSSR count). The molecule has 5 nitrogen and oxygen atoms in total. The van der Waals surface area contributed by atoms with Crippen molar-refractivity contribution in [3.8, 4) is 11.3 Å². The fraction of sp³-hybridized carbons (Fsp3) is 0.583. The van der Waals surface area contributed by atoms with Crippen LogP contribution in [0.25, 0.3) is 11.3 Å². The van der Waals surface area contributed by atoms with Gasteiger partial charge in [-0.15, -0.1) is 11.3 Å². The molecule has 30 heavy (non-hydrogen) atoms. The van der Waals surface area contributed by atoms with E-state index in [1.54, 1.807) is 11.3 Å². The van der Waals surface area contributed by atoms with Gasteiger partial charge in [0.25, 0.3) is 0 Å². The topological polar surface area (TPSA) is 39.7 Å². The first kappa shape index (κ1) is 20.2. The van der Waals surface area contributed by atoms with Gasteiger partial charge >= 0.3 is 0 Å². The van der Waals surface area contributed by atoms with Gasteiger partial charge in [-0.05, 0) is 57.8 Å². The first-order valence-corrected chi connectivity index (χ1v) is 12.2. The Hall–Kier alpha value is -1.76. The molecule has 1 aromatic carbocycles. The van der Waals surface area contributed by atoms with Crippen molar-refractivity contribution >= 4 is 17.2 Å². The Balaban J connectivity index is 1.13. The molecule has 3 heterocycles. The number of likely N-dealkylation sites (N-methyl/N-ethyl adjacent to an activating group) is 1. The minimum absolute atomic E-state index is 0.285. The third kappa shape index (κ3) is 4.18. The predicted octanol–water partition coefficient (Wildman–Crippen LogP) is 3.58. The molecule has 160 valence electrons. The Kier molecular flexibility index (Phi) is 5.65. The summed E-state index contributed by atoms with van der Waals surface area (Å²) in [7, 11) is 2.16. The number of thiazole rings is 1. The number of nitrogens with zero attached hydrogens (tertiary/aromatic N) is 4. The van der Waals surface area contributed by atoms with E-state index in [4.69, 9.17) is 4.98 Å². The number of benzene rings is 1. The van der Waals surface area contributed by atoms with Crippen molar-refractivity contribution in [1.29, 1.82) is 0 Å². The summed E-state index contributed by atoms with van der Waals surface area (Å²) in [6.07, 6.45) is 4.54. The van der Waals surface area contributed by atoms with Crippen LogP contribution in [0.1, 0.15) is 30.7 Å². The molecule has 1 unspecified atom stereocenters. The molecular weight excluding hydrogens is 392 g/mol. The summed E-state index contributed by atoms with van der Waals surface area (Å²) in [5.41, 5.74) is 2.57. The van der Waals surface area contributed by atoms with Crippen LogP contribution in [0.4, 0.5) is 0 Å². The van der Waals surface area contributed by atoms with Crippen LogP contribution in [-0.2, 0) is 11.3 Å². The van der Waals surface area contributed by atoms with Crippen LogP contribution < -0.4 is 0 Å². The van der Waals surface area contributed by atoms with E-state index in [1.165, 1.54) is 10.6 Å². The SMILES string of the molecule is CN1CCCN(C(=O)C2CC23CCN(Cc2nc(-c4ccccc4)cs2)CC3)CC1. The smallest absolute Gasteiger partial charge is 0.226 e. The summed E-state index contributed by atoms with van der Waals surface area (Å²) < 4.78 is 0. The Bertz CT molecular complexity index is 874. The fourth-order valence-electron chi connectivity index (χ4n) is 5.21. The molecule has 1 saturated carbocycles. The molecule has 3 aliphatic rings. The average molecular weight is 425 g/mol. The Morgan fingerprint density at radius 3 is 2.70 bits per heavy atom. The lowest BCUT2D eigenvalue weighted by Crippen LogP contribution is -2.39. The van der Waals surface area contributed by atoms with Crippen LogP contribution >= 0.6 is 11.3 Å². The van der Waals surface area contributed by atoms with Crippen LogP contribution in [0.3, 0.4) is 0 Å². The number of aromatic nitrogens is 1. The quantitative estimate of drug-likeness (QED) is 0.752. The van der Waals surface area contributed by atoms with Crippen molar-refractivity contribution in [2.24, 2.45) is 11.3 Å². The minimum atomic E-state index is 0.285. The number of carbonyl (C=O) groups excluding carboxylic acids is 1. The molecule has 0 bridgehead atoms. The van der Waals surface area contributed by atoms with Crippen LogP contribution in [-0.4, -0.2) is 71.9 Å². The molecule has 1 amide bonds. The van der Waals surface area contributed by atoms with Crippen molar-refractivity contribution in [2.45, 2.75) is 32.2 Å². The fourth-order valence-corrected chi connectivity index (χ4v) is 6.05. The van der Waals surface area contributed by atoms with Gasteiger partial charge in [0.05, 0.1) is 12.2 Å². The first-order valence-electron chi connectivity index (χ1n) is 11.3. The summed E-state index contributed by atoms with van der Waals surface area (Å²) in [5.74, 6) is 0.721. The van der Waals surface area contributed by atoms with Crippen molar-refractivity contribution < 1.29 is 4.79 Å². The number of hydrogen-bond donors (Lipinski definition) is 0. The zero-order chi connectivity index (χ0) is 20.6. The maximum atomic E-state index is 13.1. The highest BCUT2D eigenvalue weighted by Crippen LogP contribution is 2.60. The second-order valence-corrected chi connectivity index (χ2v) is 10.3. The summed E-state index contributed by atoms with van der Waals surface area (Å²) in [5, 5.41) is 3.37. The maximum Gasteiger partial charge on any atom is 0.226 e. The summed E-state index contributed by atoms with van der Waals surface area (Å²) in [6, 6.07) is 10.4. The van der Waals surface area contributed by atoms with Crippen LogP contribution in [0.5, 0.6) is 0 Å². The lowest BCUT2D eigenvalue weighted by atomic mass is 9.90. The van der Waals surface area contributed by atoms with Gasteiger partial charge in [0.2, 0.25) is 5.91 Å². The molecule has 2 aliphatic heterocycles. The maximum absolute atomic E-state index is 13.1. The standard InChI is InChI=1S/C24H32N4OS/c1-26-10-5-11-28(15-14-26)23(29)20-16-24(20)8-12-27(13-9-24)17-22-25-21(18-30-22)19-6-3-2-4-7-19/h2-4,6-7,18,20H,5,8-17H2,1H3. The van der Waals surface area contributed by atoms with E-state index < -0.39 is 0 Å². The van der Waals surface area contributed by atoms with E-state index in [-0.39, 0.29) is 5.92 Å². The van der Waals surface area contributed by atoms with E-state index in [1.807, 2.05) is 6.07 Å². The highest BCUT2D eigenvalue weighted by Gasteiger charge is 2.59. The normalized spacial score (nSPS) is 24.7. The van der Waals surface area contributed by atoms with Crippen LogP contribution in [0.15, 0.2) is 35.7 Å². The lowest BCUT2D eigenvalue weighted by molar-refractivity contribution is -0.133. The monoisotopic (exact) mass is 424 g/mol. The summed E-state index contributed by atoms with van der Waals surface area (Å²) >= 11 is 1.76. The minimum Gasteiger partial charge on any atom is -0.341 e. The van der Waals surface area contributed by atoms with Crippen molar-refractivity contribution in [1.82, 2.24) is 19.7 Å². The van der Waals surface area contributed by atoms with E-state index in [0.29, 0.717) is 11.3 Å². The Morgan fingerprint density at radius 2 is 1.90 bits per heavy atom. The van der Waals surface area contributed by atoms with Crippen LogP contribution in [0.2, 0.25) is 0 Å². The molecule has 2 saturated heterocycles. The highest BCUT2D eigenvalue weighted by molar-refractivity contribution is 7.09. The number of hydrogen-bond acceptors (Lipinski definition) is 5. The van der Waals surface area contributed by atoms with Gasteiger partial charge < -0.3 is 9.80 Å². The molecule has 0 N–H and O–H groups in total. The number of amides is 1. The van der Waals surface area contributed by atoms with E-state index >= 15 is 0 Å². The molecule has 1 spiro atoms. The Labute approximate surface area is 183 Å². The van der Waals surface area contributed by atoms with Gasteiger partial charge in [-0.2, -0.15) is 0 Å². The number of carbonyl (C=O) groups is 1. The second-order valence-electron chi connectivity index (χ2n) is 9.37. The Morgan fingerprint density at radius 1 is 1.10 bits per heavy atom. The molecule has 1 aromatic heterocycles. The highest BCUT2D eigenvalue weighted by atomic mass is 32.1.